The number of hydrogen-bond donors (Lipinski definition) is 0. The smallest absolute Gasteiger partial charge is 0.241 e. The van der Waals surface area contributed by atoms with Gasteiger partial charge < -0.3 is 9.80 Å². The monoisotopic (exact) mass is 435 g/mol. The van der Waals surface area contributed by atoms with Gasteiger partial charge >= 0.3 is 0 Å². The van der Waals surface area contributed by atoms with E-state index in [2.05, 4.69) is 4.90 Å². The molecule has 3 atom stereocenters. The summed E-state index contributed by atoms with van der Waals surface area (Å²) in [4.78, 5) is 29.6. The van der Waals surface area contributed by atoms with Crippen LogP contribution in [0.4, 0.5) is 0 Å². The Morgan fingerprint density at radius 2 is 1.80 bits per heavy atom. The molecule has 166 valence electrons. The Balaban J connectivity index is 1.53. The second kappa shape index (κ2) is 9.81. The Morgan fingerprint density at radius 1 is 1.10 bits per heavy atom. The molecule has 2 saturated heterocycles. The highest BCUT2D eigenvalue weighted by Gasteiger charge is 2.56. The average molecular weight is 436 g/mol. The number of nitrogens with zero attached hydrogens (tertiary/aromatic N) is 3. The highest BCUT2D eigenvalue weighted by Crippen LogP contribution is 2.40. The Hall–Kier alpha value is -2.09. The quantitative estimate of drug-likeness (QED) is 0.520. The van der Waals surface area contributed by atoms with Crippen molar-refractivity contribution in [2.75, 3.05) is 19.3 Å². The number of allylic oxidation sites excluding steroid dienone is 4. The van der Waals surface area contributed by atoms with Gasteiger partial charge in [-0.15, -0.1) is 0 Å². The summed E-state index contributed by atoms with van der Waals surface area (Å²) in [5.41, 5.74) is 0. The van der Waals surface area contributed by atoms with Crippen LogP contribution in [0.2, 0.25) is 0 Å². The van der Waals surface area contributed by atoms with E-state index in [4.69, 9.17) is 0 Å². The van der Waals surface area contributed by atoms with Crippen LogP contribution in [-0.4, -0.2) is 65.8 Å². The van der Waals surface area contributed by atoms with Crippen molar-refractivity contribution in [1.29, 1.82) is 0 Å². The van der Waals surface area contributed by atoms with Gasteiger partial charge in [-0.3, -0.25) is 9.59 Å². The summed E-state index contributed by atoms with van der Waals surface area (Å²) < 4.78 is 25.4. The van der Waals surface area contributed by atoms with E-state index in [1.54, 1.807) is 4.90 Å². The molecule has 2 fully saturated rings. The van der Waals surface area contributed by atoms with Crippen LogP contribution in [0.15, 0.2) is 36.7 Å². The normalized spacial score (nSPS) is 25.9. The van der Waals surface area contributed by atoms with Gasteiger partial charge in [-0.05, 0) is 37.8 Å². The summed E-state index contributed by atoms with van der Waals surface area (Å²) in [5.74, 6) is -0.693. The fourth-order valence-corrected chi connectivity index (χ4v) is 6.04. The van der Waals surface area contributed by atoms with Gasteiger partial charge in [0.25, 0.3) is 0 Å². The van der Waals surface area contributed by atoms with E-state index in [1.807, 2.05) is 43.6 Å². The molecule has 3 heterocycles. The molecule has 7 nitrogen and oxygen atoms in total. The maximum Gasteiger partial charge on any atom is 0.241 e. The number of rotatable bonds is 9. The molecule has 0 aliphatic carbocycles. The minimum atomic E-state index is -3.62. The Morgan fingerprint density at radius 3 is 2.43 bits per heavy atom. The van der Waals surface area contributed by atoms with E-state index in [0.29, 0.717) is 25.8 Å². The molecule has 0 aromatic heterocycles. The van der Waals surface area contributed by atoms with E-state index >= 15 is 0 Å². The Kier molecular flexibility index (Phi) is 7.39. The molecule has 0 aromatic rings. The van der Waals surface area contributed by atoms with Gasteiger partial charge in [0, 0.05) is 31.9 Å². The fourth-order valence-electron chi connectivity index (χ4n) is 4.86. The van der Waals surface area contributed by atoms with Crippen LogP contribution in [0.1, 0.15) is 51.9 Å². The molecule has 0 spiro atoms. The van der Waals surface area contributed by atoms with Gasteiger partial charge in [-0.25, -0.2) is 12.7 Å². The predicted molar refractivity (Wildman–Crippen MR) is 117 cm³/mol. The van der Waals surface area contributed by atoms with Crippen molar-refractivity contribution in [2.45, 2.75) is 64.0 Å². The predicted octanol–water partition coefficient (Wildman–Crippen LogP) is 2.63. The minimum Gasteiger partial charge on any atom is -0.354 e. The van der Waals surface area contributed by atoms with E-state index in [9.17, 15) is 18.0 Å². The van der Waals surface area contributed by atoms with Crippen LogP contribution < -0.4 is 0 Å². The lowest BCUT2D eigenvalue weighted by atomic mass is 9.94. The van der Waals surface area contributed by atoms with Gasteiger partial charge in [0.15, 0.2) is 0 Å². The number of unbranched alkanes of at least 4 members (excludes halogenated alkanes) is 2. The average Bonchev–Trinajstić information content (AvgIpc) is 3.08. The number of sulfonamides is 1. The molecule has 3 aliphatic heterocycles. The number of carbonyl (C=O) groups excluding carboxylic acids is 2. The molecule has 3 rings (SSSR count). The van der Waals surface area contributed by atoms with E-state index < -0.39 is 22.0 Å². The maximum absolute atomic E-state index is 12.9. The lowest BCUT2D eigenvalue weighted by Crippen LogP contribution is -2.43. The molecule has 0 aromatic carbocycles. The number of fused-ring (bicyclic) bond motifs is 1. The molecule has 0 saturated carbocycles. The zero-order valence-electron chi connectivity index (χ0n) is 17.9. The SMILES string of the molecule is CCC[C@H]1C(=O)N(S(C)(=O)=O)[C@H]2CCN(C(=O)CCCCCN3C=CC=CC=C3)[C@H]12. The summed E-state index contributed by atoms with van der Waals surface area (Å²) in [6, 6.07) is -0.706. The zero-order chi connectivity index (χ0) is 21.7. The first-order chi connectivity index (χ1) is 14.3. The van der Waals surface area contributed by atoms with Crippen molar-refractivity contribution < 1.29 is 18.0 Å². The Bertz CT molecular complexity index is 817. The van der Waals surface area contributed by atoms with E-state index in [0.717, 1.165) is 42.8 Å². The summed E-state index contributed by atoms with van der Waals surface area (Å²) in [6.07, 6.45) is 18.3. The second-order valence-corrected chi connectivity index (χ2v) is 10.2. The van der Waals surface area contributed by atoms with Crippen molar-refractivity contribution in [3.63, 3.8) is 0 Å². The van der Waals surface area contributed by atoms with Crippen molar-refractivity contribution in [3.8, 4) is 0 Å². The van der Waals surface area contributed by atoms with Gasteiger partial charge in [0.1, 0.15) is 0 Å². The highest BCUT2D eigenvalue weighted by molar-refractivity contribution is 7.88. The van der Waals surface area contributed by atoms with Crippen LogP contribution >= 0.6 is 0 Å². The third-order valence-electron chi connectivity index (χ3n) is 6.14. The summed E-state index contributed by atoms with van der Waals surface area (Å²) >= 11 is 0. The molecule has 3 aliphatic rings. The summed E-state index contributed by atoms with van der Waals surface area (Å²) in [6.45, 7) is 3.43. The molecule has 30 heavy (non-hydrogen) atoms. The van der Waals surface area contributed by atoms with Crippen LogP contribution in [0.3, 0.4) is 0 Å². The molecule has 8 heteroatoms. The van der Waals surface area contributed by atoms with Gasteiger partial charge in [-0.1, -0.05) is 31.9 Å². The van der Waals surface area contributed by atoms with Gasteiger partial charge in [0.2, 0.25) is 21.8 Å². The van der Waals surface area contributed by atoms with Crippen LogP contribution in [0.5, 0.6) is 0 Å². The lowest BCUT2D eigenvalue weighted by molar-refractivity contribution is -0.134. The number of hydrogen-bond acceptors (Lipinski definition) is 5. The van der Waals surface area contributed by atoms with Crippen LogP contribution in [0, 0.1) is 5.92 Å². The third kappa shape index (κ3) is 4.96. The number of amides is 2. The molecule has 0 unspecified atom stereocenters. The molecule has 0 bridgehead atoms. The van der Waals surface area contributed by atoms with Crippen molar-refractivity contribution in [2.24, 2.45) is 5.92 Å². The molecule has 0 N–H and O–H groups in total. The molecule has 0 radical (unpaired) electrons. The van der Waals surface area contributed by atoms with Crippen molar-refractivity contribution in [1.82, 2.24) is 14.1 Å². The number of likely N-dealkylation sites (tertiary alicyclic amines) is 1. The summed E-state index contributed by atoms with van der Waals surface area (Å²) in [7, 11) is -3.62. The first-order valence-corrected chi connectivity index (χ1v) is 12.8. The number of carbonyl (C=O) groups is 2. The van der Waals surface area contributed by atoms with Crippen LogP contribution in [-0.2, 0) is 19.6 Å². The second-order valence-electron chi connectivity index (χ2n) is 8.34. The van der Waals surface area contributed by atoms with Gasteiger partial charge in [-0.2, -0.15) is 0 Å². The Labute approximate surface area is 180 Å². The van der Waals surface area contributed by atoms with Crippen LogP contribution in [0.25, 0.3) is 0 Å². The lowest BCUT2D eigenvalue weighted by Gasteiger charge is -2.27. The fraction of sp³-hybridized carbons (Fsp3) is 0.636. The zero-order valence-corrected chi connectivity index (χ0v) is 18.8. The highest BCUT2D eigenvalue weighted by atomic mass is 32.2. The third-order valence-corrected chi connectivity index (χ3v) is 7.31. The standard InChI is InChI=1S/C22H33N3O4S/c1-3-11-18-21-19(25(22(18)27)30(2,28)29)13-17-24(21)20(26)12-7-6-10-16-23-14-8-4-5-9-15-23/h4-5,8-9,14-15,18-19,21H,3,6-7,10-13,16-17H2,1-2H3/t18-,19+,21-/m1/s1. The summed E-state index contributed by atoms with van der Waals surface area (Å²) in [5, 5.41) is 0. The van der Waals surface area contributed by atoms with Crippen molar-refractivity contribution >= 4 is 21.8 Å². The first kappa shape index (κ1) is 22.6. The van der Waals surface area contributed by atoms with Crippen molar-refractivity contribution in [3.05, 3.63) is 36.7 Å². The largest absolute Gasteiger partial charge is 0.354 e. The van der Waals surface area contributed by atoms with Gasteiger partial charge in [0.05, 0.1) is 24.3 Å². The minimum absolute atomic E-state index is 0.0468. The molecular formula is C22H33N3O4S. The topological polar surface area (TPSA) is 78.0 Å². The first-order valence-electron chi connectivity index (χ1n) is 10.9. The van der Waals surface area contributed by atoms with E-state index in [-0.39, 0.29) is 17.9 Å². The van der Waals surface area contributed by atoms with E-state index in [1.165, 1.54) is 0 Å². The molecular weight excluding hydrogens is 402 g/mol. The maximum atomic E-state index is 12.9. The molecule has 2 amide bonds.